The topological polar surface area (TPSA) is 38.0 Å². The van der Waals surface area contributed by atoms with Gasteiger partial charge in [-0.2, -0.15) is 0 Å². The molecule has 3 N–H and O–H groups in total. The molecule has 0 heterocycles. The number of hydrogen-bond donors (Lipinski definition) is 2. The van der Waals surface area contributed by atoms with Gasteiger partial charge in [0.2, 0.25) is 0 Å². The van der Waals surface area contributed by atoms with Crippen LogP contribution in [0.1, 0.15) is 5.56 Å². The van der Waals surface area contributed by atoms with Crippen LogP contribution in [0.25, 0.3) is 0 Å². The molecule has 0 saturated heterocycles. The van der Waals surface area contributed by atoms with Gasteiger partial charge in [-0.15, -0.1) is 0 Å². The molecule has 0 fully saturated rings. The van der Waals surface area contributed by atoms with Gasteiger partial charge in [-0.1, -0.05) is 17.7 Å². The number of benzene rings is 2. The molecule has 94 valence electrons. The average molecular weight is 330 g/mol. The summed E-state index contributed by atoms with van der Waals surface area (Å²) in [6.45, 7) is 1.92. The third-order valence-electron chi connectivity index (χ3n) is 2.54. The number of anilines is 3. The molecule has 0 bridgehead atoms. The van der Waals surface area contributed by atoms with Crippen LogP contribution in [0, 0.1) is 12.7 Å². The Hall–Kier alpha value is -1.26. The molecule has 0 spiro atoms. The van der Waals surface area contributed by atoms with E-state index in [2.05, 4.69) is 21.2 Å². The summed E-state index contributed by atoms with van der Waals surface area (Å²) >= 11 is 9.11. The van der Waals surface area contributed by atoms with E-state index in [1.165, 1.54) is 12.1 Å². The van der Waals surface area contributed by atoms with Gasteiger partial charge in [-0.3, -0.25) is 0 Å². The van der Waals surface area contributed by atoms with Crippen LogP contribution in [-0.2, 0) is 0 Å². The Morgan fingerprint density at radius 2 is 2.00 bits per heavy atom. The highest BCUT2D eigenvalue weighted by atomic mass is 79.9. The van der Waals surface area contributed by atoms with Crippen molar-refractivity contribution in [3.8, 4) is 0 Å². The monoisotopic (exact) mass is 328 g/mol. The van der Waals surface area contributed by atoms with Gasteiger partial charge < -0.3 is 11.1 Å². The molecule has 18 heavy (non-hydrogen) atoms. The summed E-state index contributed by atoms with van der Waals surface area (Å²) in [4.78, 5) is 0. The summed E-state index contributed by atoms with van der Waals surface area (Å²) in [5.74, 6) is -0.370. The fourth-order valence-corrected chi connectivity index (χ4v) is 2.04. The largest absolute Gasteiger partial charge is 0.397 e. The fourth-order valence-electron chi connectivity index (χ4n) is 1.50. The van der Waals surface area contributed by atoms with Crippen molar-refractivity contribution in [3.05, 3.63) is 51.2 Å². The van der Waals surface area contributed by atoms with Crippen LogP contribution in [0.4, 0.5) is 21.5 Å². The molecular weight excluding hydrogens is 319 g/mol. The van der Waals surface area contributed by atoms with E-state index in [4.69, 9.17) is 17.3 Å². The molecule has 2 nitrogen and oxygen atoms in total. The third kappa shape index (κ3) is 2.76. The van der Waals surface area contributed by atoms with Gasteiger partial charge in [-0.25, -0.2) is 4.39 Å². The lowest BCUT2D eigenvalue weighted by Gasteiger charge is -2.11. The summed E-state index contributed by atoms with van der Waals surface area (Å²) < 4.78 is 13.8. The van der Waals surface area contributed by atoms with Crippen molar-refractivity contribution in [1.82, 2.24) is 0 Å². The molecule has 0 unspecified atom stereocenters. The molecule has 2 aromatic carbocycles. The van der Waals surface area contributed by atoms with Crippen molar-refractivity contribution >= 4 is 44.6 Å². The molecule has 0 saturated carbocycles. The zero-order valence-electron chi connectivity index (χ0n) is 9.60. The van der Waals surface area contributed by atoms with Gasteiger partial charge in [0.05, 0.1) is 15.8 Å². The number of nitrogens with two attached hydrogens (primary N) is 1. The van der Waals surface area contributed by atoms with Crippen molar-refractivity contribution in [2.45, 2.75) is 6.92 Å². The highest BCUT2D eigenvalue weighted by Gasteiger charge is 2.07. The normalized spacial score (nSPS) is 10.4. The van der Waals surface area contributed by atoms with Crippen LogP contribution in [0.3, 0.4) is 0 Å². The number of nitrogen functional groups attached to an aromatic ring is 1. The van der Waals surface area contributed by atoms with Gasteiger partial charge in [0.1, 0.15) is 5.82 Å². The Bertz CT molecular complexity index is 602. The third-order valence-corrected chi connectivity index (χ3v) is 3.56. The van der Waals surface area contributed by atoms with Crippen LogP contribution in [0.5, 0.6) is 0 Å². The van der Waals surface area contributed by atoms with Crippen molar-refractivity contribution in [2.75, 3.05) is 11.1 Å². The molecule has 0 aliphatic carbocycles. The summed E-state index contributed by atoms with van der Waals surface area (Å²) in [5, 5.41) is 3.69. The maximum atomic E-state index is 13.4. The minimum Gasteiger partial charge on any atom is -0.397 e. The Kier molecular flexibility index (Phi) is 3.78. The van der Waals surface area contributed by atoms with E-state index in [1.807, 2.05) is 19.1 Å². The van der Waals surface area contributed by atoms with Crippen molar-refractivity contribution in [2.24, 2.45) is 0 Å². The van der Waals surface area contributed by atoms with E-state index < -0.39 is 0 Å². The highest BCUT2D eigenvalue weighted by Crippen LogP contribution is 2.30. The zero-order valence-corrected chi connectivity index (χ0v) is 11.9. The zero-order chi connectivity index (χ0) is 13.3. The van der Waals surface area contributed by atoms with E-state index in [-0.39, 0.29) is 5.82 Å². The van der Waals surface area contributed by atoms with Crippen LogP contribution in [-0.4, -0.2) is 0 Å². The molecule has 0 aromatic heterocycles. The van der Waals surface area contributed by atoms with E-state index in [9.17, 15) is 4.39 Å². The van der Waals surface area contributed by atoms with Gasteiger partial charge >= 0.3 is 0 Å². The quantitative estimate of drug-likeness (QED) is 0.771. The van der Waals surface area contributed by atoms with E-state index in [0.29, 0.717) is 20.9 Å². The number of hydrogen-bond acceptors (Lipinski definition) is 2. The lowest BCUT2D eigenvalue weighted by atomic mass is 10.2. The van der Waals surface area contributed by atoms with Crippen LogP contribution in [0.15, 0.2) is 34.8 Å². The van der Waals surface area contributed by atoms with Gasteiger partial charge in [0.15, 0.2) is 0 Å². The molecule has 2 aromatic rings. The van der Waals surface area contributed by atoms with E-state index in [1.54, 1.807) is 6.07 Å². The van der Waals surface area contributed by atoms with E-state index >= 15 is 0 Å². The number of rotatable bonds is 2. The summed E-state index contributed by atoms with van der Waals surface area (Å²) in [7, 11) is 0. The first-order chi connectivity index (χ1) is 8.47. The lowest BCUT2D eigenvalue weighted by Crippen LogP contribution is -1.98. The minimum atomic E-state index is -0.370. The molecule has 0 amide bonds. The van der Waals surface area contributed by atoms with E-state index in [0.717, 1.165) is 11.3 Å². The Morgan fingerprint density at radius 1 is 1.28 bits per heavy atom. The fraction of sp³-hybridized carbons (Fsp3) is 0.0769. The van der Waals surface area contributed by atoms with Gasteiger partial charge in [0, 0.05) is 16.8 Å². The van der Waals surface area contributed by atoms with Crippen LogP contribution in [0.2, 0.25) is 5.02 Å². The highest BCUT2D eigenvalue weighted by molar-refractivity contribution is 9.10. The predicted octanol–water partition coefficient (Wildman–Crippen LogP) is 4.88. The standard InChI is InChI=1S/C13H11BrClFN2/c1-7-2-3-8(4-10(7)15)18-13-6-11(16)9(14)5-12(13)17/h2-6,18H,17H2,1H3. The molecule has 0 aliphatic heterocycles. The second kappa shape index (κ2) is 5.16. The maximum absolute atomic E-state index is 13.4. The summed E-state index contributed by atoms with van der Waals surface area (Å²) in [5.41, 5.74) is 8.53. The first-order valence-corrected chi connectivity index (χ1v) is 6.42. The Labute approximate surface area is 118 Å². The predicted molar refractivity (Wildman–Crippen MR) is 78.0 cm³/mol. The summed E-state index contributed by atoms with van der Waals surface area (Å²) in [6.07, 6.45) is 0. The molecular formula is C13H11BrClFN2. The second-order valence-corrected chi connectivity index (χ2v) is 5.20. The summed E-state index contributed by atoms with van der Waals surface area (Å²) in [6, 6.07) is 8.38. The van der Waals surface area contributed by atoms with Crippen LogP contribution < -0.4 is 11.1 Å². The molecule has 0 aliphatic rings. The number of halogens is 3. The smallest absolute Gasteiger partial charge is 0.139 e. The number of nitrogens with one attached hydrogen (secondary N) is 1. The Balaban J connectivity index is 2.34. The SMILES string of the molecule is Cc1ccc(Nc2cc(F)c(Br)cc2N)cc1Cl. The lowest BCUT2D eigenvalue weighted by molar-refractivity contribution is 0.622. The van der Waals surface area contributed by atoms with Crippen LogP contribution >= 0.6 is 27.5 Å². The van der Waals surface area contributed by atoms with Gasteiger partial charge in [0.25, 0.3) is 0 Å². The van der Waals surface area contributed by atoms with Crippen molar-refractivity contribution in [1.29, 1.82) is 0 Å². The maximum Gasteiger partial charge on any atom is 0.139 e. The average Bonchev–Trinajstić information content (AvgIpc) is 2.31. The Morgan fingerprint density at radius 3 is 2.67 bits per heavy atom. The van der Waals surface area contributed by atoms with Crippen molar-refractivity contribution in [3.63, 3.8) is 0 Å². The molecule has 5 heteroatoms. The van der Waals surface area contributed by atoms with Gasteiger partial charge in [-0.05, 0) is 46.6 Å². The first-order valence-electron chi connectivity index (χ1n) is 5.25. The molecule has 2 rings (SSSR count). The number of aryl methyl sites for hydroxylation is 1. The second-order valence-electron chi connectivity index (χ2n) is 3.94. The van der Waals surface area contributed by atoms with Crippen molar-refractivity contribution < 1.29 is 4.39 Å². The minimum absolute atomic E-state index is 0.340. The first kappa shape index (κ1) is 13.2. The molecule has 0 atom stereocenters. The molecule has 0 radical (unpaired) electrons.